The van der Waals surface area contributed by atoms with Crippen molar-refractivity contribution in [3.63, 3.8) is 0 Å². The highest BCUT2D eigenvalue weighted by Crippen LogP contribution is 2.22. The van der Waals surface area contributed by atoms with Gasteiger partial charge in [-0.2, -0.15) is 0 Å². The minimum Gasteiger partial charge on any atom is -0.462 e. The van der Waals surface area contributed by atoms with Crippen molar-refractivity contribution in [1.82, 2.24) is 0 Å². The van der Waals surface area contributed by atoms with Crippen molar-refractivity contribution in [3.05, 3.63) is 29.8 Å². The van der Waals surface area contributed by atoms with Crippen LogP contribution in [0.4, 0.5) is 5.69 Å². The number of nitrogens with two attached hydrogens (primary N) is 1. The number of amides is 1. The highest BCUT2D eigenvalue weighted by atomic mass is 16.5. The van der Waals surface area contributed by atoms with Crippen LogP contribution in [0, 0.1) is 5.41 Å². The summed E-state index contributed by atoms with van der Waals surface area (Å²) in [7, 11) is 0. The Balaban J connectivity index is 2.86. The van der Waals surface area contributed by atoms with Gasteiger partial charge in [-0.25, -0.2) is 4.79 Å². The minimum absolute atomic E-state index is 0.150. The van der Waals surface area contributed by atoms with Gasteiger partial charge in [-0.15, -0.1) is 0 Å². The maximum Gasteiger partial charge on any atom is 0.338 e. The summed E-state index contributed by atoms with van der Waals surface area (Å²) in [6.07, 6.45) is 0.646. The Morgan fingerprint density at radius 3 is 2.60 bits per heavy atom. The summed E-state index contributed by atoms with van der Waals surface area (Å²) < 4.78 is 4.93. The number of rotatable bonds is 6. The van der Waals surface area contributed by atoms with Gasteiger partial charge in [0.25, 0.3) is 0 Å². The van der Waals surface area contributed by atoms with Crippen molar-refractivity contribution in [1.29, 1.82) is 0 Å². The van der Waals surface area contributed by atoms with Gasteiger partial charge in [0, 0.05) is 12.2 Å². The molecule has 0 aliphatic heterocycles. The van der Waals surface area contributed by atoms with Crippen molar-refractivity contribution in [2.75, 3.05) is 18.5 Å². The first kappa shape index (κ1) is 16.2. The van der Waals surface area contributed by atoms with Crippen molar-refractivity contribution < 1.29 is 14.3 Å². The zero-order valence-electron chi connectivity index (χ0n) is 12.2. The van der Waals surface area contributed by atoms with Crippen molar-refractivity contribution in [3.8, 4) is 0 Å². The fourth-order valence-electron chi connectivity index (χ4n) is 1.62. The minimum atomic E-state index is -0.611. The quantitative estimate of drug-likeness (QED) is 0.781. The predicted octanol–water partition coefficient (Wildman–Crippen LogP) is 2.18. The summed E-state index contributed by atoms with van der Waals surface area (Å²) in [5.74, 6) is -0.552. The van der Waals surface area contributed by atoms with Gasteiger partial charge in [0.1, 0.15) is 0 Å². The molecule has 110 valence electrons. The lowest BCUT2D eigenvalue weighted by Crippen LogP contribution is -2.39. The maximum absolute atomic E-state index is 12.2. The standard InChI is InChI=1S/C15H22N2O3/c1-4-15(3,10-16)14(19)17-12-8-6-7-11(9-12)13(18)20-5-2/h6-9H,4-5,10,16H2,1-3H3,(H,17,19). The number of ether oxygens (including phenoxy) is 1. The molecule has 0 spiro atoms. The molecule has 5 heteroatoms. The van der Waals surface area contributed by atoms with Crippen molar-refractivity contribution >= 4 is 17.6 Å². The lowest BCUT2D eigenvalue weighted by Gasteiger charge is -2.25. The first-order valence-corrected chi connectivity index (χ1v) is 6.75. The predicted molar refractivity (Wildman–Crippen MR) is 78.5 cm³/mol. The number of hydrogen-bond donors (Lipinski definition) is 2. The average Bonchev–Trinajstić information content (AvgIpc) is 2.46. The van der Waals surface area contributed by atoms with Crippen LogP contribution in [0.3, 0.4) is 0 Å². The molecule has 0 heterocycles. The monoisotopic (exact) mass is 278 g/mol. The fourth-order valence-corrected chi connectivity index (χ4v) is 1.62. The average molecular weight is 278 g/mol. The first-order valence-electron chi connectivity index (χ1n) is 6.75. The molecule has 0 fully saturated rings. The van der Waals surface area contributed by atoms with E-state index in [4.69, 9.17) is 10.5 Å². The third kappa shape index (κ3) is 3.81. The van der Waals surface area contributed by atoms with Crippen LogP contribution in [0.2, 0.25) is 0 Å². The number of esters is 1. The molecular formula is C15H22N2O3. The Morgan fingerprint density at radius 1 is 1.35 bits per heavy atom. The van der Waals surface area contributed by atoms with E-state index in [-0.39, 0.29) is 12.5 Å². The summed E-state index contributed by atoms with van der Waals surface area (Å²) in [5.41, 5.74) is 6.02. The van der Waals surface area contributed by atoms with Gasteiger partial charge in [-0.05, 0) is 38.5 Å². The lowest BCUT2D eigenvalue weighted by molar-refractivity contribution is -0.124. The summed E-state index contributed by atoms with van der Waals surface area (Å²) in [4.78, 5) is 23.8. The van der Waals surface area contributed by atoms with E-state index < -0.39 is 11.4 Å². The second-order valence-electron chi connectivity index (χ2n) is 4.87. The number of benzene rings is 1. The molecule has 1 aromatic rings. The highest BCUT2D eigenvalue weighted by Gasteiger charge is 2.29. The van der Waals surface area contributed by atoms with Crippen LogP contribution in [-0.2, 0) is 9.53 Å². The molecule has 1 aromatic carbocycles. The van der Waals surface area contributed by atoms with E-state index in [0.29, 0.717) is 24.3 Å². The SMILES string of the molecule is CCOC(=O)c1cccc(NC(=O)C(C)(CC)CN)c1. The maximum atomic E-state index is 12.2. The third-order valence-corrected chi connectivity index (χ3v) is 3.41. The third-order valence-electron chi connectivity index (χ3n) is 3.41. The van der Waals surface area contributed by atoms with Crippen LogP contribution in [-0.4, -0.2) is 25.0 Å². The molecule has 0 aliphatic rings. The van der Waals surface area contributed by atoms with Gasteiger partial charge in [-0.3, -0.25) is 4.79 Å². The summed E-state index contributed by atoms with van der Waals surface area (Å²) in [6.45, 7) is 6.07. The molecule has 1 unspecified atom stereocenters. The van der Waals surface area contributed by atoms with Crippen LogP contribution in [0.1, 0.15) is 37.6 Å². The molecule has 1 atom stereocenters. The molecule has 0 saturated heterocycles. The zero-order valence-corrected chi connectivity index (χ0v) is 12.2. The number of carbonyl (C=O) groups is 2. The first-order chi connectivity index (χ1) is 9.46. The van der Waals surface area contributed by atoms with Crippen LogP contribution in [0.25, 0.3) is 0 Å². The van der Waals surface area contributed by atoms with Crippen molar-refractivity contribution in [2.45, 2.75) is 27.2 Å². The van der Waals surface area contributed by atoms with E-state index in [2.05, 4.69) is 5.32 Å². The second-order valence-corrected chi connectivity index (χ2v) is 4.87. The molecule has 20 heavy (non-hydrogen) atoms. The van der Waals surface area contributed by atoms with Crippen LogP contribution >= 0.6 is 0 Å². The number of anilines is 1. The Labute approximate surface area is 119 Å². The van der Waals surface area contributed by atoms with Gasteiger partial charge >= 0.3 is 5.97 Å². The second kappa shape index (κ2) is 7.05. The van der Waals surface area contributed by atoms with Crippen LogP contribution in [0.5, 0.6) is 0 Å². The van der Waals surface area contributed by atoms with E-state index in [0.717, 1.165) is 0 Å². The topological polar surface area (TPSA) is 81.4 Å². The largest absolute Gasteiger partial charge is 0.462 e. The summed E-state index contributed by atoms with van der Waals surface area (Å²) in [6, 6.07) is 6.68. The van der Waals surface area contributed by atoms with Gasteiger partial charge in [0.15, 0.2) is 0 Å². The molecule has 0 radical (unpaired) electrons. The molecule has 5 nitrogen and oxygen atoms in total. The van der Waals surface area contributed by atoms with Crippen LogP contribution in [0.15, 0.2) is 24.3 Å². The molecule has 0 bridgehead atoms. The Morgan fingerprint density at radius 2 is 2.05 bits per heavy atom. The molecule has 3 N–H and O–H groups in total. The number of hydrogen-bond acceptors (Lipinski definition) is 4. The highest BCUT2D eigenvalue weighted by molar-refractivity contribution is 5.97. The van der Waals surface area contributed by atoms with Gasteiger partial charge in [0.05, 0.1) is 17.6 Å². The lowest BCUT2D eigenvalue weighted by atomic mass is 9.86. The Bertz CT molecular complexity index is 482. The molecule has 0 saturated carbocycles. The summed E-state index contributed by atoms with van der Waals surface area (Å²) >= 11 is 0. The molecule has 0 aromatic heterocycles. The van der Waals surface area contributed by atoms with E-state index in [9.17, 15) is 9.59 Å². The molecule has 0 aliphatic carbocycles. The van der Waals surface area contributed by atoms with E-state index in [1.54, 1.807) is 31.2 Å². The van der Waals surface area contributed by atoms with Crippen LogP contribution < -0.4 is 11.1 Å². The van der Waals surface area contributed by atoms with Gasteiger partial charge in [-0.1, -0.05) is 13.0 Å². The van der Waals surface area contributed by atoms with Gasteiger partial charge in [0.2, 0.25) is 5.91 Å². The number of nitrogens with one attached hydrogen (secondary N) is 1. The van der Waals surface area contributed by atoms with E-state index in [1.165, 1.54) is 0 Å². The number of carbonyl (C=O) groups excluding carboxylic acids is 2. The van der Waals surface area contributed by atoms with E-state index in [1.807, 2.05) is 13.8 Å². The zero-order chi connectivity index (χ0) is 15.2. The Kier molecular flexibility index (Phi) is 5.70. The smallest absolute Gasteiger partial charge is 0.338 e. The van der Waals surface area contributed by atoms with Gasteiger partial charge < -0.3 is 15.8 Å². The summed E-state index contributed by atoms with van der Waals surface area (Å²) in [5, 5.41) is 2.80. The molecular weight excluding hydrogens is 256 g/mol. The Hall–Kier alpha value is -1.88. The molecule has 1 amide bonds. The molecule has 1 rings (SSSR count). The van der Waals surface area contributed by atoms with E-state index >= 15 is 0 Å². The normalized spacial score (nSPS) is 13.4. The fraction of sp³-hybridized carbons (Fsp3) is 0.467. The van der Waals surface area contributed by atoms with Crippen molar-refractivity contribution in [2.24, 2.45) is 11.1 Å².